The third-order valence-corrected chi connectivity index (χ3v) is 3.74. The molecule has 0 N–H and O–H groups in total. The molecule has 8 nitrogen and oxygen atoms in total. The van der Waals surface area contributed by atoms with Crippen molar-refractivity contribution >= 4 is 17.5 Å². The summed E-state index contributed by atoms with van der Waals surface area (Å²) in [6, 6.07) is 8.88. The van der Waals surface area contributed by atoms with Crippen molar-refractivity contribution in [2.75, 3.05) is 26.4 Å². The van der Waals surface area contributed by atoms with Gasteiger partial charge in [-0.2, -0.15) is 0 Å². The fourth-order valence-electron chi connectivity index (χ4n) is 2.55. The van der Waals surface area contributed by atoms with Crippen molar-refractivity contribution in [3.05, 3.63) is 47.2 Å². The van der Waals surface area contributed by atoms with E-state index in [9.17, 15) is 4.79 Å². The Balaban J connectivity index is 2.48. The lowest BCUT2D eigenvalue weighted by molar-refractivity contribution is 0.115. The average molecular weight is 373 g/mol. The van der Waals surface area contributed by atoms with Gasteiger partial charge in [-0.25, -0.2) is 9.78 Å². The van der Waals surface area contributed by atoms with Crippen LogP contribution in [0.2, 0.25) is 0 Å². The number of rotatable bonds is 6. The van der Waals surface area contributed by atoms with Gasteiger partial charge in [0.1, 0.15) is 18.5 Å². The molecule has 2 rings (SSSR count). The number of nitrogens with zero attached hydrogens (tertiary/aromatic N) is 3. The molecule has 1 aromatic heterocycles. The summed E-state index contributed by atoms with van der Waals surface area (Å²) in [4.78, 5) is 26.5. The molecule has 144 valence electrons. The highest BCUT2D eigenvalue weighted by Gasteiger charge is 2.21. The third kappa shape index (κ3) is 4.53. The van der Waals surface area contributed by atoms with Gasteiger partial charge in [-0.1, -0.05) is 17.3 Å². The first kappa shape index (κ1) is 20.2. The molecule has 1 heterocycles. The van der Waals surface area contributed by atoms with E-state index in [4.69, 9.17) is 19.1 Å². The second-order valence-electron chi connectivity index (χ2n) is 5.65. The van der Waals surface area contributed by atoms with Crippen LogP contribution in [0.1, 0.15) is 23.7 Å². The summed E-state index contributed by atoms with van der Waals surface area (Å²) in [7, 11) is 4.12. The van der Waals surface area contributed by atoms with Crippen molar-refractivity contribution in [1.29, 1.82) is 0 Å². The number of aromatic nitrogens is 1. The molecule has 1 aromatic carbocycles. The maximum absolute atomic E-state index is 12.0. The quantitative estimate of drug-likeness (QED) is 0.562. The minimum Gasteiger partial charge on any atom is -0.451 e. The zero-order valence-corrected chi connectivity index (χ0v) is 16.3. The highest BCUT2D eigenvalue weighted by molar-refractivity contribution is 5.98. The Hall–Kier alpha value is -3.13. The van der Waals surface area contributed by atoms with E-state index in [2.05, 4.69) is 10.1 Å². The first-order valence-corrected chi connectivity index (χ1v) is 8.18. The number of methoxy groups -OCH3 is 1. The number of para-hydroxylation sites is 2. The number of anilines is 1. The Morgan fingerprint density at radius 2 is 1.81 bits per heavy atom. The van der Waals surface area contributed by atoms with Gasteiger partial charge >= 0.3 is 6.09 Å². The molecule has 0 bridgehead atoms. The van der Waals surface area contributed by atoms with Crippen molar-refractivity contribution in [2.24, 2.45) is 5.16 Å². The molecule has 0 aliphatic carbocycles. The van der Waals surface area contributed by atoms with Gasteiger partial charge in [0.2, 0.25) is 5.88 Å². The maximum Gasteiger partial charge on any atom is 0.438 e. The summed E-state index contributed by atoms with van der Waals surface area (Å²) in [5.41, 5.74) is 3.45. The number of ether oxygens (including phenoxy) is 2. The summed E-state index contributed by atoms with van der Waals surface area (Å²) in [5, 5.41) is 4.93. The molecule has 0 unspecified atom stereocenters. The molecule has 0 spiro atoms. The smallest absolute Gasteiger partial charge is 0.438 e. The lowest BCUT2D eigenvalue weighted by Crippen LogP contribution is -2.29. The fourth-order valence-corrected chi connectivity index (χ4v) is 2.55. The van der Waals surface area contributed by atoms with E-state index in [0.717, 1.165) is 16.2 Å². The monoisotopic (exact) mass is 373 g/mol. The lowest BCUT2D eigenvalue weighted by Gasteiger charge is -2.21. The summed E-state index contributed by atoms with van der Waals surface area (Å²) in [6.45, 7) is 5.63. The lowest BCUT2D eigenvalue weighted by atomic mass is 10.1. The Labute approximate surface area is 158 Å². The first-order valence-electron chi connectivity index (χ1n) is 8.18. The number of carbonyl (C=O) groups is 1. The molecule has 0 aliphatic rings. The molecule has 0 aliphatic heterocycles. The topological polar surface area (TPSA) is 82.5 Å². The van der Waals surface area contributed by atoms with Crippen LogP contribution < -0.4 is 9.80 Å². The van der Waals surface area contributed by atoms with E-state index in [1.54, 1.807) is 31.2 Å². The zero-order valence-electron chi connectivity index (χ0n) is 16.3. The van der Waals surface area contributed by atoms with Gasteiger partial charge in [-0.3, -0.25) is 4.84 Å². The summed E-state index contributed by atoms with van der Waals surface area (Å²) < 4.78 is 10.7. The van der Waals surface area contributed by atoms with Crippen molar-refractivity contribution in [1.82, 2.24) is 4.98 Å². The van der Waals surface area contributed by atoms with E-state index in [0.29, 0.717) is 28.7 Å². The summed E-state index contributed by atoms with van der Waals surface area (Å²) >= 11 is 0. The minimum absolute atomic E-state index is 0.384. The number of benzene rings is 1. The minimum atomic E-state index is -0.675. The van der Waals surface area contributed by atoms with Gasteiger partial charge < -0.3 is 14.3 Å². The highest BCUT2D eigenvalue weighted by Crippen LogP contribution is 2.33. The molecule has 2 aromatic rings. The van der Waals surface area contributed by atoms with Crippen LogP contribution in [0.15, 0.2) is 35.5 Å². The van der Waals surface area contributed by atoms with Crippen LogP contribution in [0.3, 0.4) is 0 Å². The SMILES string of the molecule is CO/N=C(/C)c1nc(Oc2ccccc2N(OC)C(=O)OC)c(C)cc1C. The van der Waals surface area contributed by atoms with E-state index in [-0.39, 0.29) is 0 Å². The van der Waals surface area contributed by atoms with E-state index >= 15 is 0 Å². The maximum atomic E-state index is 12.0. The van der Waals surface area contributed by atoms with Crippen LogP contribution in [-0.2, 0) is 14.4 Å². The molecular weight excluding hydrogens is 350 g/mol. The highest BCUT2D eigenvalue weighted by atomic mass is 16.7. The van der Waals surface area contributed by atoms with Gasteiger partial charge in [0, 0.05) is 5.56 Å². The number of hydrogen-bond acceptors (Lipinski definition) is 7. The molecule has 8 heteroatoms. The second kappa shape index (κ2) is 9.00. The number of hydrogen-bond donors (Lipinski definition) is 0. The van der Waals surface area contributed by atoms with Crippen LogP contribution >= 0.6 is 0 Å². The van der Waals surface area contributed by atoms with Crippen LogP contribution in [0, 0.1) is 13.8 Å². The predicted octanol–water partition coefficient (Wildman–Crippen LogP) is 4.00. The molecule has 1 amide bonds. The van der Waals surface area contributed by atoms with E-state index in [1.165, 1.54) is 21.3 Å². The predicted molar refractivity (Wildman–Crippen MR) is 101 cm³/mol. The number of carbonyl (C=O) groups excluding carboxylic acids is 1. The summed E-state index contributed by atoms with van der Waals surface area (Å²) in [6.07, 6.45) is -0.675. The molecule has 0 saturated heterocycles. The summed E-state index contributed by atoms with van der Waals surface area (Å²) in [5.74, 6) is 0.770. The number of oxime groups is 1. The number of hydroxylamine groups is 1. The third-order valence-electron chi connectivity index (χ3n) is 3.74. The number of amides is 1. The molecule has 0 saturated carbocycles. The Kier molecular flexibility index (Phi) is 6.73. The number of pyridine rings is 1. The molecule has 0 radical (unpaired) electrons. The Morgan fingerprint density at radius 3 is 2.44 bits per heavy atom. The van der Waals surface area contributed by atoms with Crippen molar-refractivity contribution < 1.29 is 23.9 Å². The normalized spacial score (nSPS) is 11.1. The standard InChI is InChI=1S/C19H23N3O5/c1-12-11-13(2)18(20-17(12)14(3)21-25-5)27-16-10-8-7-9-15(16)22(26-6)19(23)24-4/h7-11H,1-6H3/b21-14-. The van der Waals surface area contributed by atoms with Gasteiger partial charge in [0.25, 0.3) is 0 Å². The first-order chi connectivity index (χ1) is 12.9. The van der Waals surface area contributed by atoms with Gasteiger partial charge in [-0.05, 0) is 44.5 Å². The molecular formula is C19H23N3O5. The molecule has 0 fully saturated rings. The molecule has 27 heavy (non-hydrogen) atoms. The van der Waals surface area contributed by atoms with Crippen LogP contribution in [0.5, 0.6) is 11.6 Å². The average Bonchev–Trinajstić information content (AvgIpc) is 2.65. The van der Waals surface area contributed by atoms with Crippen molar-refractivity contribution in [3.8, 4) is 11.6 Å². The van der Waals surface area contributed by atoms with Crippen LogP contribution in [0.25, 0.3) is 0 Å². The van der Waals surface area contributed by atoms with Crippen LogP contribution in [-0.4, -0.2) is 38.1 Å². The van der Waals surface area contributed by atoms with Crippen molar-refractivity contribution in [3.63, 3.8) is 0 Å². The Bertz CT molecular complexity index is 851. The van der Waals surface area contributed by atoms with E-state index < -0.39 is 6.09 Å². The van der Waals surface area contributed by atoms with Crippen molar-refractivity contribution in [2.45, 2.75) is 20.8 Å². The number of aryl methyl sites for hydroxylation is 2. The zero-order chi connectivity index (χ0) is 20.0. The Morgan fingerprint density at radius 1 is 1.11 bits per heavy atom. The van der Waals surface area contributed by atoms with E-state index in [1.807, 2.05) is 19.9 Å². The van der Waals surface area contributed by atoms with Gasteiger partial charge in [-0.15, -0.1) is 5.06 Å². The largest absolute Gasteiger partial charge is 0.451 e. The van der Waals surface area contributed by atoms with Gasteiger partial charge in [0.15, 0.2) is 5.75 Å². The van der Waals surface area contributed by atoms with Crippen LogP contribution in [0.4, 0.5) is 10.5 Å². The van der Waals surface area contributed by atoms with Gasteiger partial charge in [0.05, 0.1) is 19.9 Å². The fraction of sp³-hybridized carbons (Fsp3) is 0.316. The second-order valence-corrected chi connectivity index (χ2v) is 5.65. The molecule has 0 atom stereocenters.